The minimum atomic E-state index is -0.114. The van der Waals surface area contributed by atoms with Gasteiger partial charge in [0.25, 0.3) is 5.91 Å². The molecule has 0 aliphatic carbocycles. The van der Waals surface area contributed by atoms with Crippen LogP contribution in [0, 0.1) is 0 Å². The van der Waals surface area contributed by atoms with Crippen LogP contribution in [0.2, 0.25) is 0 Å². The van der Waals surface area contributed by atoms with Crippen molar-refractivity contribution in [2.75, 3.05) is 13.1 Å². The second-order valence-electron chi connectivity index (χ2n) is 5.33. The topological polar surface area (TPSA) is 78.7 Å². The van der Waals surface area contributed by atoms with Gasteiger partial charge in [0.15, 0.2) is 5.96 Å². The molecule has 6 nitrogen and oxygen atoms in total. The average Bonchev–Trinajstić information content (AvgIpc) is 3.12. The fourth-order valence-electron chi connectivity index (χ4n) is 2.34. The van der Waals surface area contributed by atoms with Gasteiger partial charge in [0.1, 0.15) is 5.76 Å². The molecule has 0 saturated heterocycles. The van der Waals surface area contributed by atoms with Gasteiger partial charge in [-0.2, -0.15) is 0 Å². The van der Waals surface area contributed by atoms with E-state index in [9.17, 15) is 4.79 Å². The zero-order valence-electron chi connectivity index (χ0n) is 13.2. The first-order valence-electron chi connectivity index (χ1n) is 7.73. The minimum absolute atomic E-state index is 0. The molecule has 0 unspecified atom stereocenters. The van der Waals surface area contributed by atoms with Crippen molar-refractivity contribution in [3.05, 3.63) is 59.5 Å². The number of hydrogen-bond acceptors (Lipinski definition) is 5. The molecule has 0 radical (unpaired) electrons. The number of guanidine groups is 1. The number of carbonyl (C=O) groups is 1. The first kappa shape index (κ1) is 18.3. The summed E-state index contributed by atoms with van der Waals surface area (Å²) in [6.45, 7) is 2.81. The molecular weight excluding hydrogens is 419 g/mol. The van der Waals surface area contributed by atoms with Crippen LogP contribution < -0.4 is 16.0 Å². The number of amides is 1. The minimum Gasteiger partial charge on any atom is -0.467 e. The van der Waals surface area contributed by atoms with Gasteiger partial charge in [-0.15, -0.1) is 24.0 Å². The van der Waals surface area contributed by atoms with Gasteiger partial charge in [0.05, 0.1) is 12.8 Å². The monoisotopic (exact) mass is 440 g/mol. The Kier molecular flexibility index (Phi) is 7.10. The molecule has 1 aromatic heterocycles. The lowest BCUT2D eigenvalue weighted by Gasteiger charge is -2.16. The van der Waals surface area contributed by atoms with E-state index in [4.69, 9.17) is 4.42 Å². The number of nitrogens with zero attached hydrogens (tertiary/aromatic N) is 1. The zero-order chi connectivity index (χ0) is 15.9. The van der Waals surface area contributed by atoms with Crippen molar-refractivity contribution in [3.8, 4) is 0 Å². The van der Waals surface area contributed by atoms with Crippen LogP contribution in [0.3, 0.4) is 0 Å². The van der Waals surface area contributed by atoms with Gasteiger partial charge < -0.3 is 20.4 Å². The van der Waals surface area contributed by atoms with Crippen LogP contribution in [0.4, 0.5) is 0 Å². The summed E-state index contributed by atoms with van der Waals surface area (Å²) in [5, 5.41) is 9.31. The third kappa shape index (κ3) is 5.26. The number of nitrogens with one attached hydrogen (secondary N) is 3. The summed E-state index contributed by atoms with van der Waals surface area (Å²) >= 11 is 0. The molecule has 0 bridgehead atoms. The molecule has 1 aliphatic rings. The first-order chi connectivity index (χ1) is 11.3. The first-order valence-corrected chi connectivity index (χ1v) is 7.73. The van der Waals surface area contributed by atoms with E-state index in [2.05, 4.69) is 20.9 Å². The van der Waals surface area contributed by atoms with E-state index < -0.39 is 0 Å². The summed E-state index contributed by atoms with van der Waals surface area (Å²) in [6, 6.07) is 11.2. The van der Waals surface area contributed by atoms with E-state index >= 15 is 0 Å². The molecule has 1 amide bonds. The Morgan fingerprint density at radius 3 is 2.92 bits per heavy atom. The van der Waals surface area contributed by atoms with Gasteiger partial charge in [0.2, 0.25) is 0 Å². The van der Waals surface area contributed by atoms with Crippen molar-refractivity contribution < 1.29 is 9.21 Å². The maximum Gasteiger partial charge on any atom is 0.251 e. The molecule has 0 saturated carbocycles. The summed E-state index contributed by atoms with van der Waals surface area (Å²) < 4.78 is 5.20. The van der Waals surface area contributed by atoms with Crippen molar-refractivity contribution in [1.29, 1.82) is 0 Å². The summed E-state index contributed by atoms with van der Waals surface area (Å²) in [6.07, 6.45) is 2.66. The Bertz CT molecular complexity index is 686. The van der Waals surface area contributed by atoms with Gasteiger partial charge in [-0.1, -0.05) is 12.1 Å². The van der Waals surface area contributed by atoms with Crippen LogP contribution in [0.1, 0.15) is 28.1 Å². The fraction of sp³-hybridized carbons (Fsp3) is 0.294. The molecule has 0 fully saturated rings. The summed E-state index contributed by atoms with van der Waals surface area (Å²) in [5.74, 6) is 1.44. The molecule has 1 aromatic carbocycles. The maximum absolute atomic E-state index is 12.2. The van der Waals surface area contributed by atoms with Crippen LogP contribution in [0.5, 0.6) is 0 Å². The Morgan fingerprint density at radius 2 is 2.17 bits per heavy atom. The molecule has 0 atom stereocenters. The van der Waals surface area contributed by atoms with Crippen LogP contribution in [0.25, 0.3) is 0 Å². The van der Waals surface area contributed by atoms with Crippen LogP contribution in [-0.4, -0.2) is 25.0 Å². The zero-order valence-corrected chi connectivity index (χ0v) is 15.6. The number of carbonyl (C=O) groups excluding carboxylic acids is 1. The Morgan fingerprint density at radius 1 is 1.25 bits per heavy atom. The number of hydrogen-bond donors (Lipinski definition) is 3. The van der Waals surface area contributed by atoms with Gasteiger partial charge in [-0.25, -0.2) is 0 Å². The lowest BCUT2D eigenvalue weighted by atomic mass is 10.1. The quantitative estimate of drug-likeness (QED) is 0.624. The molecule has 3 rings (SSSR count). The highest BCUT2D eigenvalue weighted by molar-refractivity contribution is 14.0. The predicted octanol–water partition coefficient (Wildman–Crippen LogP) is 2.27. The number of rotatable bonds is 5. The highest BCUT2D eigenvalue weighted by Gasteiger charge is 2.08. The largest absolute Gasteiger partial charge is 0.467 e. The number of benzene rings is 1. The summed E-state index contributed by atoms with van der Waals surface area (Å²) in [4.78, 5) is 16.6. The smallest absolute Gasteiger partial charge is 0.251 e. The van der Waals surface area contributed by atoms with Gasteiger partial charge in [-0.3, -0.25) is 9.79 Å². The lowest BCUT2D eigenvalue weighted by molar-refractivity contribution is 0.0948. The van der Waals surface area contributed by atoms with Crippen molar-refractivity contribution in [3.63, 3.8) is 0 Å². The summed E-state index contributed by atoms with van der Waals surface area (Å²) in [5.41, 5.74) is 1.67. The fourth-order valence-corrected chi connectivity index (χ4v) is 2.34. The van der Waals surface area contributed by atoms with Gasteiger partial charge in [-0.05, 0) is 36.2 Å². The van der Waals surface area contributed by atoms with Gasteiger partial charge >= 0.3 is 0 Å². The molecule has 128 valence electrons. The van der Waals surface area contributed by atoms with Crippen molar-refractivity contribution >= 4 is 35.8 Å². The second-order valence-corrected chi connectivity index (χ2v) is 5.33. The van der Waals surface area contributed by atoms with E-state index in [-0.39, 0.29) is 29.9 Å². The van der Waals surface area contributed by atoms with Crippen LogP contribution in [0.15, 0.2) is 52.1 Å². The summed E-state index contributed by atoms with van der Waals surface area (Å²) in [7, 11) is 0. The van der Waals surface area contributed by atoms with E-state index in [1.807, 2.05) is 24.3 Å². The Hall–Kier alpha value is -2.03. The average molecular weight is 440 g/mol. The highest BCUT2D eigenvalue weighted by atomic mass is 127. The molecule has 2 aromatic rings. The van der Waals surface area contributed by atoms with Crippen LogP contribution in [-0.2, 0) is 13.1 Å². The second kappa shape index (κ2) is 9.31. The molecule has 2 heterocycles. The molecular formula is C17H21IN4O2. The molecule has 3 N–H and O–H groups in total. The molecule has 1 aliphatic heterocycles. The number of aliphatic imine (C=N–C) groups is 1. The van der Waals surface area contributed by atoms with E-state index in [1.54, 1.807) is 18.4 Å². The number of halogens is 1. The highest BCUT2D eigenvalue weighted by Crippen LogP contribution is 2.06. The van der Waals surface area contributed by atoms with Gasteiger partial charge in [0, 0.05) is 25.2 Å². The van der Waals surface area contributed by atoms with Crippen molar-refractivity contribution in [2.24, 2.45) is 4.99 Å². The van der Waals surface area contributed by atoms with Crippen molar-refractivity contribution in [1.82, 2.24) is 16.0 Å². The lowest BCUT2D eigenvalue weighted by Crippen LogP contribution is -2.40. The molecule has 7 heteroatoms. The standard InChI is InChI=1S/C17H20N4O2.HI/c22-16(20-12-15-6-2-9-23-15)14-5-1-4-13(10-14)11-21-17-18-7-3-8-19-17;/h1-2,4-6,9-10H,3,7-8,11-12H2,(H,20,22)(H2,18,19,21);1H. The Labute approximate surface area is 158 Å². The number of furan rings is 1. The van der Waals surface area contributed by atoms with E-state index in [0.717, 1.165) is 36.8 Å². The molecule has 0 spiro atoms. The Balaban J connectivity index is 0.00000208. The van der Waals surface area contributed by atoms with E-state index in [0.29, 0.717) is 18.7 Å². The predicted molar refractivity (Wildman–Crippen MR) is 103 cm³/mol. The maximum atomic E-state index is 12.2. The third-order valence-electron chi connectivity index (χ3n) is 3.55. The van der Waals surface area contributed by atoms with Crippen molar-refractivity contribution in [2.45, 2.75) is 19.5 Å². The molecule has 24 heavy (non-hydrogen) atoms. The third-order valence-corrected chi connectivity index (χ3v) is 3.55. The normalized spacial score (nSPS) is 13.2. The van der Waals surface area contributed by atoms with Crippen LogP contribution >= 0.6 is 24.0 Å². The van der Waals surface area contributed by atoms with E-state index in [1.165, 1.54) is 0 Å². The SMILES string of the molecule is I.O=C(NCc1ccco1)c1cccc(CNC2=NCCCN2)c1.